The first kappa shape index (κ1) is 12.0. The van der Waals surface area contributed by atoms with E-state index in [-0.39, 0.29) is 4.90 Å². The maximum absolute atomic E-state index is 13.4. The normalized spacial score (nSPS) is 12.6. The molecule has 0 N–H and O–H groups in total. The summed E-state index contributed by atoms with van der Waals surface area (Å²) in [5.74, 6) is 0.00381. The zero-order chi connectivity index (χ0) is 12.3. The van der Waals surface area contributed by atoms with E-state index in [9.17, 15) is 8.60 Å². The minimum absolute atomic E-state index is 0.274. The third kappa shape index (κ3) is 3.00. The van der Waals surface area contributed by atoms with Gasteiger partial charge in [-0.25, -0.2) is 4.39 Å². The molecule has 1 aromatic heterocycles. The molecule has 0 aliphatic rings. The number of rotatable bonds is 4. The largest absolute Gasteiger partial charge is 0.276 e. The van der Waals surface area contributed by atoms with Crippen LogP contribution in [0.3, 0.4) is 0 Å². The molecule has 0 amide bonds. The van der Waals surface area contributed by atoms with Crippen LogP contribution >= 0.6 is 0 Å². The molecule has 2 aromatic rings. The van der Waals surface area contributed by atoms with Crippen molar-refractivity contribution in [1.82, 2.24) is 9.78 Å². The van der Waals surface area contributed by atoms with Gasteiger partial charge in [-0.1, -0.05) is 12.1 Å². The molecule has 2 rings (SSSR count). The van der Waals surface area contributed by atoms with Crippen molar-refractivity contribution in [3.63, 3.8) is 0 Å². The van der Waals surface area contributed by atoms with Crippen molar-refractivity contribution in [1.29, 1.82) is 0 Å². The zero-order valence-electron chi connectivity index (χ0n) is 9.47. The Morgan fingerprint density at radius 2 is 2.18 bits per heavy atom. The van der Waals surface area contributed by atoms with Crippen molar-refractivity contribution in [2.45, 2.75) is 11.3 Å². The van der Waals surface area contributed by atoms with Crippen LogP contribution in [0.2, 0.25) is 0 Å². The van der Waals surface area contributed by atoms with E-state index in [4.69, 9.17) is 0 Å². The smallest absolute Gasteiger partial charge is 0.139 e. The number of halogens is 1. The van der Waals surface area contributed by atoms with Gasteiger partial charge >= 0.3 is 0 Å². The number of nitrogens with zero attached hydrogens (tertiary/aromatic N) is 2. The molecule has 0 spiro atoms. The molecule has 0 aliphatic heterocycles. The van der Waals surface area contributed by atoms with Crippen LogP contribution in [0.5, 0.6) is 0 Å². The molecular weight excluding hydrogens is 239 g/mol. The summed E-state index contributed by atoms with van der Waals surface area (Å²) >= 11 is 0. The van der Waals surface area contributed by atoms with Crippen LogP contribution in [0.25, 0.3) is 0 Å². The molecule has 3 nitrogen and oxygen atoms in total. The summed E-state index contributed by atoms with van der Waals surface area (Å²) in [4.78, 5) is 0.274. The second-order valence-electron chi connectivity index (χ2n) is 3.75. The summed E-state index contributed by atoms with van der Waals surface area (Å²) < 4.78 is 26.9. The standard InChI is InChI=1S/C12H13FN2OS/c1-15-9-10(8-14-15)6-7-17(16)12-5-3-2-4-11(12)13/h2-5,8-9H,6-7H2,1H3. The van der Waals surface area contributed by atoms with Crippen molar-refractivity contribution >= 4 is 10.8 Å². The quantitative estimate of drug-likeness (QED) is 0.833. The Kier molecular flexibility index (Phi) is 3.68. The number of hydrogen-bond donors (Lipinski definition) is 0. The highest BCUT2D eigenvalue weighted by atomic mass is 32.2. The van der Waals surface area contributed by atoms with Gasteiger partial charge in [0, 0.05) is 19.0 Å². The monoisotopic (exact) mass is 252 g/mol. The maximum Gasteiger partial charge on any atom is 0.139 e. The minimum atomic E-state index is -1.30. The summed E-state index contributed by atoms with van der Waals surface area (Å²) in [5, 5.41) is 4.03. The summed E-state index contributed by atoms with van der Waals surface area (Å²) in [6, 6.07) is 6.18. The summed E-state index contributed by atoms with van der Waals surface area (Å²) in [6.07, 6.45) is 4.24. The van der Waals surface area contributed by atoms with Crippen LogP contribution in [-0.4, -0.2) is 19.7 Å². The van der Waals surface area contributed by atoms with E-state index < -0.39 is 16.6 Å². The lowest BCUT2D eigenvalue weighted by atomic mass is 10.3. The molecule has 0 saturated carbocycles. The lowest BCUT2D eigenvalue weighted by Gasteiger charge is -2.02. The van der Waals surface area contributed by atoms with Crippen molar-refractivity contribution in [3.8, 4) is 0 Å². The Hall–Kier alpha value is -1.49. The van der Waals surface area contributed by atoms with Gasteiger partial charge in [-0.05, 0) is 24.1 Å². The van der Waals surface area contributed by atoms with Crippen molar-refractivity contribution in [3.05, 3.63) is 48.0 Å². The molecular formula is C12H13FN2OS. The Morgan fingerprint density at radius 3 is 2.82 bits per heavy atom. The van der Waals surface area contributed by atoms with Crippen molar-refractivity contribution in [2.24, 2.45) is 7.05 Å². The molecule has 5 heteroatoms. The lowest BCUT2D eigenvalue weighted by molar-refractivity contribution is 0.595. The first-order valence-corrected chi connectivity index (χ1v) is 6.59. The highest BCUT2D eigenvalue weighted by molar-refractivity contribution is 7.85. The molecule has 0 saturated heterocycles. The van der Waals surface area contributed by atoms with Crippen LogP contribution in [0.1, 0.15) is 5.56 Å². The maximum atomic E-state index is 13.4. The molecule has 0 bridgehead atoms. The minimum Gasteiger partial charge on any atom is -0.276 e. The molecule has 1 atom stereocenters. The van der Waals surface area contributed by atoms with Gasteiger partial charge in [-0.15, -0.1) is 0 Å². The number of benzene rings is 1. The number of hydrogen-bond acceptors (Lipinski definition) is 2. The molecule has 1 aromatic carbocycles. The Bertz CT molecular complexity index is 539. The average molecular weight is 252 g/mol. The van der Waals surface area contributed by atoms with Crippen LogP contribution in [0.15, 0.2) is 41.6 Å². The van der Waals surface area contributed by atoms with Crippen LogP contribution in [0, 0.1) is 5.82 Å². The Morgan fingerprint density at radius 1 is 1.41 bits per heavy atom. The van der Waals surface area contributed by atoms with Crippen LogP contribution < -0.4 is 0 Å². The van der Waals surface area contributed by atoms with Gasteiger partial charge in [0.25, 0.3) is 0 Å². The van der Waals surface area contributed by atoms with Gasteiger partial charge in [0.1, 0.15) is 5.82 Å². The summed E-state index contributed by atoms with van der Waals surface area (Å²) in [6.45, 7) is 0. The topological polar surface area (TPSA) is 34.9 Å². The molecule has 90 valence electrons. The van der Waals surface area contributed by atoms with Gasteiger partial charge in [-0.2, -0.15) is 5.10 Å². The van der Waals surface area contributed by atoms with Crippen molar-refractivity contribution < 1.29 is 8.60 Å². The van der Waals surface area contributed by atoms with Crippen LogP contribution in [-0.2, 0) is 24.3 Å². The van der Waals surface area contributed by atoms with E-state index in [1.807, 2.05) is 13.2 Å². The molecule has 0 fully saturated rings. The number of aromatic nitrogens is 2. The van der Waals surface area contributed by atoms with E-state index in [0.717, 1.165) is 5.56 Å². The predicted molar refractivity (Wildman–Crippen MR) is 64.6 cm³/mol. The summed E-state index contributed by atoms with van der Waals surface area (Å²) in [5.41, 5.74) is 1.01. The average Bonchev–Trinajstić information content (AvgIpc) is 2.73. The highest BCUT2D eigenvalue weighted by Gasteiger charge is 2.09. The van der Waals surface area contributed by atoms with Crippen LogP contribution in [0.4, 0.5) is 4.39 Å². The first-order chi connectivity index (χ1) is 8.16. The molecule has 0 radical (unpaired) electrons. The molecule has 1 unspecified atom stereocenters. The van der Waals surface area contributed by atoms with Gasteiger partial charge in [0.05, 0.1) is 21.9 Å². The lowest BCUT2D eigenvalue weighted by Crippen LogP contribution is -2.03. The van der Waals surface area contributed by atoms with Gasteiger partial charge in [0.15, 0.2) is 0 Å². The predicted octanol–water partition coefficient (Wildman–Crippen LogP) is 1.91. The number of aryl methyl sites for hydroxylation is 2. The highest BCUT2D eigenvalue weighted by Crippen LogP contribution is 2.12. The Labute approximate surface area is 102 Å². The third-order valence-electron chi connectivity index (χ3n) is 2.42. The summed E-state index contributed by atoms with van der Waals surface area (Å²) in [7, 11) is 0.532. The van der Waals surface area contributed by atoms with E-state index in [1.165, 1.54) is 6.07 Å². The van der Waals surface area contributed by atoms with Gasteiger partial charge < -0.3 is 0 Å². The van der Waals surface area contributed by atoms with E-state index in [2.05, 4.69) is 5.10 Å². The van der Waals surface area contributed by atoms with Crippen molar-refractivity contribution in [2.75, 3.05) is 5.75 Å². The Balaban J connectivity index is 2.01. The second kappa shape index (κ2) is 5.23. The molecule has 1 heterocycles. The van der Waals surface area contributed by atoms with E-state index in [1.54, 1.807) is 29.1 Å². The molecule has 0 aliphatic carbocycles. The zero-order valence-corrected chi connectivity index (χ0v) is 10.3. The fourth-order valence-corrected chi connectivity index (χ4v) is 2.71. The fourth-order valence-electron chi connectivity index (χ4n) is 1.55. The SMILES string of the molecule is Cn1cc(CCS(=O)c2ccccc2F)cn1. The third-order valence-corrected chi connectivity index (χ3v) is 3.81. The molecule has 17 heavy (non-hydrogen) atoms. The fraction of sp³-hybridized carbons (Fsp3) is 0.250. The first-order valence-electron chi connectivity index (χ1n) is 5.27. The van der Waals surface area contributed by atoms with E-state index >= 15 is 0 Å². The van der Waals surface area contributed by atoms with E-state index in [0.29, 0.717) is 12.2 Å². The second-order valence-corrected chi connectivity index (χ2v) is 5.29. The van der Waals surface area contributed by atoms with Gasteiger partial charge in [-0.3, -0.25) is 8.89 Å². The van der Waals surface area contributed by atoms with Gasteiger partial charge in [0.2, 0.25) is 0 Å².